The van der Waals surface area contributed by atoms with E-state index in [1.807, 2.05) is 4.90 Å². The quantitative estimate of drug-likeness (QED) is 0.555. The molecule has 1 amide bonds. The van der Waals surface area contributed by atoms with Crippen LogP contribution in [0.4, 0.5) is 20.2 Å². The van der Waals surface area contributed by atoms with Gasteiger partial charge < -0.3 is 19.3 Å². The van der Waals surface area contributed by atoms with E-state index < -0.39 is 44.6 Å². The molecule has 2 aliphatic heterocycles. The summed E-state index contributed by atoms with van der Waals surface area (Å²) in [6.07, 6.45) is 2.28. The van der Waals surface area contributed by atoms with Crippen molar-refractivity contribution >= 4 is 38.3 Å². The number of primary sulfonamides is 1. The van der Waals surface area contributed by atoms with E-state index in [0.717, 1.165) is 0 Å². The second-order valence-corrected chi connectivity index (χ2v) is 9.81. The van der Waals surface area contributed by atoms with Crippen molar-refractivity contribution in [2.45, 2.75) is 23.9 Å². The van der Waals surface area contributed by atoms with Crippen LogP contribution in [-0.4, -0.2) is 57.2 Å². The molecule has 0 bridgehead atoms. The summed E-state index contributed by atoms with van der Waals surface area (Å²) in [7, 11) is -2.86. The number of sulfonamides is 1. The van der Waals surface area contributed by atoms with Crippen LogP contribution in [-0.2, 0) is 26.1 Å². The lowest BCUT2D eigenvalue weighted by atomic mass is 10.1. The number of nitrogens with two attached hydrogens (primary N) is 1. The van der Waals surface area contributed by atoms with Gasteiger partial charge in [-0.25, -0.2) is 27.3 Å². The molecule has 5 rings (SSSR count). The molecule has 2 aromatic heterocycles. The van der Waals surface area contributed by atoms with Gasteiger partial charge in [0, 0.05) is 23.6 Å². The highest BCUT2D eigenvalue weighted by Crippen LogP contribution is 2.41. The Labute approximate surface area is 199 Å². The van der Waals surface area contributed by atoms with Crippen LogP contribution in [0.5, 0.6) is 5.88 Å². The number of fused-ring (bicyclic) bond motifs is 3. The van der Waals surface area contributed by atoms with Crippen molar-refractivity contribution in [2.75, 3.05) is 36.7 Å². The van der Waals surface area contributed by atoms with Gasteiger partial charge in [-0.3, -0.25) is 4.79 Å². The molecule has 0 radical (unpaired) electrons. The average molecular weight is 506 g/mol. The lowest BCUT2D eigenvalue weighted by molar-refractivity contribution is -0.117. The first-order valence-electron chi connectivity index (χ1n) is 10.7. The molecular formula is C22H21F2N5O5S. The van der Waals surface area contributed by atoms with Crippen molar-refractivity contribution in [2.24, 2.45) is 5.14 Å². The Morgan fingerprint density at radius 1 is 1.26 bits per heavy atom. The molecule has 1 fully saturated rings. The SMILES string of the molecule is COc1ccc2c3c(cnc2n1)N(C1CCOC1)CC(=O)N3Cc1c(F)cc(S(N)(=O)=O)cc1F. The first-order chi connectivity index (χ1) is 16.7. The standard InChI is InChI=1S/C22H21F2N5O5S/c1-33-19-3-2-14-21-18(8-26-22(14)27-19)28(12-4-5-34-11-12)10-20(30)29(21)9-15-16(23)6-13(7-17(15)24)35(25,31)32/h2-3,6-8,12H,4-5,9-11H2,1H3,(H2,25,31,32). The van der Waals surface area contributed by atoms with E-state index in [9.17, 15) is 22.0 Å². The van der Waals surface area contributed by atoms with E-state index in [4.69, 9.17) is 14.6 Å². The smallest absolute Gasteiger partial charge is 0.246 e. The monoisotopic (exact) mass is 505 g/mol. The van der Waals surface area contributed by atoms with Crippen molar-refractivity contribution in [1.82, 2.24) is 9.97 Å². The van der Waals surface area contributed by atoms with Gasteiger partial charge in [-0.15, -0.1) is 0 Å². The van der Waals surface area contributed by atoms with Gasteiger partial charge in [-0.1, -0.05) is 0 Å². The van der Waals surface area contributed by atoms with Crippen LogP contribution in [0.3, 0.4) is 0 Å². The van der Waals surface area contributed by atoms with Gasteiger partial charge in [0.05, 0.1) is 55.3 Å². The molecule has 0 spiro atoms. The summed E-state index contributed by atoms with van der Waals surface area (Å²) in [4.78, 5) is 24.6. The molecule has 1 atom stereocenters. The van der Waals surface area contributed by atoms with E-state index in [0.29, 0.717) is 54.4 Å². The molecular weight excluding hydrogens is 484 g/mol. The fraction of sp³-hybridized carbons (Fsp3) is 0.318. The molecule has 2 aliphatic rings. The number of methoxy groups -OCH3 is 1. The number of amides is 1. The normalized spacial score (nSPS) is 18.3. The summed E-state index contributed by atoms with van der Waals surface area (Å²) in [5, 5.41) is 5.50. The Hall–Kier alpha value is -3.42. The molecule has 1 aromatic carbocycles. The Bertz CT molecular complexity index is 1420. The van der Waals surface area contributed by atoms with Crippen molar-refractivity contribution in [3.63, 3.8) is 0 Å². The number of halogens is 2. The van der Waals surface area contributed by atoms with E-state index in [1.54, 1.807) is 18.3 Å². The Balaban J connectivity index is 1.65. The maximum Gasteiger partial charge on any atom is 0.246 e. The van der Waals surface area contributed by atoms with Gasteiger partial charge in [0.15, 0.2) is 5.65 Å². The van der Waals surface area contributed by atoms with Crippen molar-refractivity contribution in [3.8, 4) is 5.88 Å². The van der Waals surface area contributed by atoms with E-state index in [-0.39, 0.29) is 18.2 Å². The number of nitrogens with zero attached hydrogens (tertiary/aromatic N) is 4. The Kier molecular flexibility index (Phi) is 5.77. The zero-order valence-corrected chi connectivity index (χ0v) is 19.4. The van der Waals surface area contributed by atoms with Crippen LogP contribution in [0.2, 0.25) is 0 Å². The fourth-order valence-corrected chi connectivity index (χ4v) is 4.93. The molecule has 1 unspecified atom stereocenters. The predicted molar refractivity (Wildman–Crippen MR) is 122 cm³/mol. The number of carbonyl (C=O) groups is 1. The van der Waals surface area contributed by atoms with Crippen molar-refractivity contribution in [3.05, 3.63) is 47.7 Å². The second-order valence-electron chi connectivity index (χ2n) is 8.25. The topological polar surface area (TPSA) is 128 Å². The first-order valence-corrected chi connectivity index (χ1v) is 12.2. The molecule has 0 saturated carbocycles. The van der Waals surface area contributed by atoms with Crippen LogP contribution in [0, 0.1) is 11.6 Å². The number of aromatic nitrogens is 2. The number of benzene rings is 1. The molecule has 0 aliphatic carbocycles. The minimum Gasteiger partial charge on any atom is -0.481 e. The third kappa shape index (κ3) is 4.15. The summed E-state index contributed by atoms with van der Waals surface area (Å²) in [6, 6.07) is 4.50. The number of carbonyl (C=O) groups excluding carboxylic acids is 1. The summed E-state index contributed by atoms with van der Waals surface area (Å²) < 4.78 is 63.5. The van der Waals surface area contributed by atoms with Crippen LogP contribution < -0.4 is 19.7 Å². The molecule has 4 heterocycles. The van der Waals surface area contributed by atoms with E-state index in [2.05, 4.69) is 9.97 Å². The first kappa shape index (κ1) is 23.3. The van der Waals surface area contributed by atoms with Crippen LogP contribution >= 0.6 is 0 Å². The van der Waals surface area contributed by atoms with Gasteiger partial charge in [0.25, 0.3) is 0 Å². The number of ether oxygens (including phenoxy) is 2. The maximum atomic E-state index is 14.9. The van der Waals surface area contributed by atoms with E-state index in [1.165, 1.54) is 12.0 Å². The van der Waals surface area contributed by atoms with E-state index >= 15 is 0 Å². The zero-order valence-electron chi connectivity index (χ0n) is 18.6. The van der Waals surface area contributed by atoms with Crippen molar-refractivity contribution in [1.29, 1.82) is 0 Å². The van der Waals surface area contributed by atoms with Gasteiger partial charge in [-0.2, -0.15) is 4.98 Å². The third-order valence-electron chi connectivity index (χ3n) is 6.16. The fourth-order valence-electron chi connectivity index (χ4n) is 4.40. The summed E-state index contributed by atoms with van der Waals surface area (Å²) in [5.74, 6) is -2.35. The molecule has 184 valence electrons. The maximum absolute atomic E-state index is 14.9. The lowest BCUT2D eigenvalue weighted by Crippen LogP contribution is -2.50. The van der Waals surface area contributed by atoms with Gasteiger partial charge in [0.2, 0.25) is 21.8 Å². The highest BCUT2D eigenvalue weighted by atomic mass is 32.2. The number of hydrogen-bond acceptors (Lipinski definition) is 8. The second kappa shape index (κ2) is 8.66. The summed E-state index contributed by atoms with van der Waals surface area (Å²) in [5.41, 5.74) is 0.806. The van der Waals surface area contributed by atoms with Crippen LogP contribution in [0.1, 0.15) is 12.0 Å². The van der Waals surface area contributed by atoms with Gasteiger partial charge in [0.1, 0.15) is 11.6 Å². The zero-order chi connectivity index (χ0) is 24.9. The molecule has 13 heteroatoms. The number of pyridine rings is 2. The number of hydrogen-bond donors (Lipinski definition) is 1. The average Bonchev–Trinajstić information content (AvgIpc) is 3.35. The highest BCUT2D eigenvalue weighted by molar-refractivity contribution is 7.89. The number of rotatable bonds is 5. The van der Waals surface area contributed by atoms with Crippen LogP contribution in [0.25, 0.3) is 11.0 Å². The molecule has 3 aromatic rings. The largest absolute Gasteiger partial charge is 0.481 e. The molecule has 10 nitrogen and oxygen atoms in total. The predicted octanol–water partition coefficient (Wildman–Crippen LogP) is 1.71. The van der Waals surface area contributed by atoms with Crippen LogP contribution in [0.15, 0.2) is 35.4 Å². The molecule has 1 saturated heterocycles. The third-order valence-corrected chi connectivity index (χ3v) is 7.05. The molecule has 2 N–H and O–H groups in total. The Morgan fingerprint density at radius 3 is 2.63 bits per heavy atom. The Morgan fingerprint density at radius 2 is 2.00 bits per heavy atom. The minimum atomic E-state index is -4.32. The molecule has 35 heavy (non-hydrogen) atoms. The van der Waals surface area contributed by atoms with Gasteiger partial charge >= 0.3 is 0 Å². The summed E-state index contributed by atoms with van der Waals surface area (Å²) >= 11 is 0. The number of anilines is 2. The van der Waals surface area contributed by atoms with Gasteiger partial charge in [-0.05, 0) is 24.6 Å². The summed E-state index contributed by atoms with van der Waals surface area (Å²) in [6.45, 7) is 0.468. The highest BCUT2D eigenvalue weighted by Gasteiger charge is 2.37. The van der Waals surface area contributed by atoms with Crippen molar-refractivity contribution < 1.29 is 31.5 Å². The lowest BCUT2D eigenvalue weighted by Gasteiger charge is -2.40. The minimum absolute atomic E-state index is 0.0453.